The molecule has 66 valence electrons. The van der Waals surface area contributed by atoms with Crippen LogP contribution in [0.2, 0.25) is 0 Å². The standard InChI is InChI=1S/C8H11NO3/c1-7(11)8(5-10)6-12-4-2-3-9/h5,8H,2,4,6H2,1H3. The first-order valence-corrected chi connectivity index (χ1v) is 3.62. The van der Waals surface area contributed by atoms with Gasteiger partial charge in [-0.05, 0) is 6.92 Å². The molecule has 0 N–H and O–H groups in total. The highest BCUT2D eigenvalue weighted by Gasteiger charge is 2.12. The van der Waals surface area contributed by atoms with E-state index < -0.39 is 5.92 Å². The average molecular weight is 169 g/mol. The van der Waals surface area contributed by atoms with E-state index >= 15 is 0 Å². The summed E-state index contributed by atoms with van der Waals surface area (Å²) in [5, 5.41) is 8.13. The van der Waals surface area contributed by atoms with Gasteiger partial charge in [-0.1, -0.05) is 0 Å². The fourth-order valence-corrected chi connectivity index (χ4v) is 0.581. The van der Waals surface area contributed by atoms with Crippen LogP contribution in [0.15, 0.2) is 0 Å². The van der Waals surface area contributed by atoms with E-state index in [-0.39, 0.29) is 25.4 Å². The fourth-order valence-electron chi connectivity index (χ4n) is 0.581. The highest BCUT2D eigenvalue weighted by molar-refractivity contribution is 5.91. The zero-order valence-corrected chi connectivity index (χ0v) is 6.95. The summed E-state index contributed by atoms with van der Waals surface area (Å²) in [5.41, 5.74) is 0. The molecule has 0 radical (unpaired) electrons. The second-order valence-electron chi connectivity index (χ2n) is 2.34. The summed E-state index contributed by atoms with van der Waals surface area (Å²) in [6.07, 6.45) is 0.845. The predicted molar refractivity (Wildman–Crippen MR) is 41.3 cm³/mol. The van der Waals surface area contributed by atoms with Crippen molar-refractivity contribution in [2.75, 3.05) is 13.2 Å². The van der Waals surface area contributed by atoms with Crippen LogP contribution in [0.5, 0.6) is 0 Å². The van der Waals surface area contributed by atoms with Crippen molar-refractivity contribution >= 4 is 12.1 Å². The maximum Gasteiger partial charge on any atom is 0.142 e. The lowest BCUT2D eigenvalue weighted by atomic mass is 10.1. The van der Waals surface area contributed by atoms with Gasteiger partial charge in [0.05, 0.1) is 31.6 Å². The predicted octanol–water partition coefficient (Wildman–Crippen LogP) is 0.321. The minimum absolute atomic E-state index is 0.0838. The molecule has 0 aliphatic rings. The number of nitriles is 1. The number of nitrogens with zero attached hydrogens (tertiary/aromatic N) is 1. The van der Waals surface area contributed by atoms with Crippen molar-refractivity contribution in [1.82, 2.24) is 0 Å². The van der Waals surface area contributed by atoms with Gasteiger partial charge in [0, 0.05) is 0 Å². The molecule has 0 aromatic rings. The van der Waals surface area contributed by atoms with Gasteiger partial charge in [-0.15, -0.1) is 0 Å². The van der Waals surface area contributed by atoms with Gasteiger partial charge in [-0.25, -0.2) is 0 Å². The van der Waals surface area contributed by atoms with Crippen molar-refractivity contribution in [3.8, 4) is 6.07 Å². The number of hydrogen-bond acceptors (Lipinski definition) is 4. The summed E-state index contributed by atoms with van der Waals surface area (Å²) in [4.78, 5) is 20.9. The maximum atomic E-state index is 10.7. The SMILES string of the molecule is CC(=O)C(C=O)COCCC#N. The smallest absolute Gasteiger partial charge is 0.142 e. The van der Waals surface area contributed by atoms with Crippen LogP contribution in [0.3, 0.4) is 0 Å². The molecule has 0 spiro atoms. The zero-order chi connectivity index (χ0) is 9.40. The molecule has 12 heavy (non-hydrogen) atoms. The van der Waals surface area contributed by atoms with Crippen molar-refractivity contribution in [2.24, 2.45) is 5.92 Å². The van der Waals surface area contributed by atoms with E-state index in [9.17, 15) is 9.59 Å². The van der Waals surface area contributed by atoms with Crippen LogP contribution in [0.1, 0.15) is 13.3 Å². The van der Waals surface area contributed by atoms with Crippen LogP contribution in [0.4, 0.5) is 0 Å². The summed E-state index contributed by atoms with van der Waals surface area (Å²) in [5.74, 6) is -0.884. The molecule has 4 nitrogen and oxygen atoms in total. The van der Waals surface area contributed by atoms with E-state index in [0.29, 0.717) is 6.29 Å². The number of ether oxygens (including phenoxy) is 1. The lowest BCUT2D eigenvalue weighted by molar-refractivity contribution is -0.128. The van der Waals surface area contributed by atoms with Gasteiger partial charge in [0.25, 0.3) is 0 Å². The molecule has 0 heterocycles. The molecular formula is C8H11NO3. The third kappa shape index (κ3) is 4.58. The molecule has 0 rings (SSSR count). The Morgan fingerprint density at radius 2 is 2.42 bits per heavy atom. The topological polar surface area (TPSA) is 67.2 Å². The van der Waals surface area contributed by atoms with Gasteiger partial charge < -0.3 is 9.53 Å². The van der Waals surface area contributed by atoms with Crippen LogP contribution in [-0.4, -0.2) is 25.3 Å². The van der Waals surface area contributed by atoms with Gasteiger partial charge in [0.1, 0.15) is 12.1 Å². The van der Waals surface area contributed by atoms with Crippen LogP contribution in [-0.2, 0) is 14.3 Å². The Bertz CT molecular complexity index is 195. The van der Waals surface area contributed by atoms with Crippen LogP contribution < -0.4 is 0 Å². The molecule has 0 saturated carbocycles. The number of carbonyl (C=O) groups excluding carboxylic acids is 2. The number of hydrogen-bond donors (Lipinski definition) is 0. The summed E-state index contributed by atoms with van der Waals surface area (Å²) in [7, 11) is 0. The third-order valence-electron chi connectivity index (χ3n) is 1.34. The van der Waals surface area contributed by atoms with Crippen LogP contribution in [0, 0.1) is 17.2 Å². The van der Waals surface area contributed by atoms with Gasteiger partial charge >= 0.3 is 0 Å². The minimum Gasteiger partial charge on any atom is -0.379 e. The summed E-state index contributed by atoms with van der Waals surface area (Å²) >= 11 is 0. The highest BCUT2D eigenvalue weighted by Crippen LogP contribution is 1.95. The molecule has 0 saturated heterocycles. The first kappa shape index (κ1) is 10.8. The lowest BCUT2D eigenvalue weighted by Crippen LogP contribution is -2.19. The Morgan fingerprint density at radius 1 is 1.75 bits per heavy atom. The minimum atomic E-state index is -0.677. The van der Waals surface area contributed by atoms with E-state index in [0.717, 1.165) is 0 Å². The normalized spacial score (nSPS) is 11.7. The third-order valence-corrected chi connectivity index (χ3v) is 1.34. The number of aldehydes is 1. The summed E-state index contributed by atoms with van der Waals surface area (Å²) in [6, 6.07) is 1.89. The van der Waals surface area contributed by atoms with E-state index in [1.165, 1.54) is 6.92 Å². The lowest BCUT2D eigenvalue weighted by Gasteiger charge is -2.05. The Morgan fingerprint density at radius 3 is 2.83 bits per heavy atom. The van der Waals surface area contributed by atoms with Gasteiger partial charge in [0.15, 0.2) is 0 Å². The molecule has 0 aromatic carbocycles. The van der Waals surface area contributed by atoms with Gasteiger partial charge in [-0.3, -0.25) is 4.79 Å². The molecule has 0 aliphatic carbocycles. The highest BCUT2D eigenvalue weighted by atomic mass is 16.5. The van der Waals surface area contributed by atoms with Crippen molar-refractivity contribution in [2.45, 2.75) is 13.3 Å². The van der Waals surface area contributed by atoms with Gasteiger partial charge in [0.2, 0.25) is 0 Å². The Hall–Kier alpha value is -1.21. The number of ketones is 1. The first-order valence-electron chi connectivity index (χ1n) is 3.62. The van der Waals surface area contributed by atoms with Crippen LogP contribution >= 0.6 is 0 Å². The summed E-state index contributed by atoms with van der Waals surface area (Å²) < 4.78 is 4.91. The van der Waals surface area contributed by atoms with E-state index in [1.807, 2.05) is 6.07 Å². The zero-order valence-electron chi connectivity index (χ0n) is 6.95. The number of rotatable bonds is 6. The average Bonchev–Trinajstić information content (AvgIpc) is 2.04. The molecule has 1 unspecified atom stereocenters. The molecule has 0 aliphatic heterocycles. The van der Waals surface area contributed by atoms with Crippen LogP contribution in [0.25, 0.3) is 0 Å². The second-order valence-corrected chi connectivity index (χ2v) is 2.34. The van der Waals surface area contributed by atoms with Crippen molar-refractivity contribution < 1.29 is 14.3 Å². The quantitative estimate of drug-likeness (QED) is 0.326. The molecule has 0 bridgehead atoms. The molecule has 1 atom stereocenters. The Kier molecular flexibility index (Phi) is 5.84. The van der Waals surface area contributed by atoms with Crippen molar-refractivity contribution in [1.29, 1.82) is 5.26 Å². The Labute approximate surface area is 71.1 Å². The number of carbonyl (C=O) groups is 2. The maximum absolute atomic E-state index is 10.7. The van der Waals surface area contributed by atoms with Crippen molar-refractivity contribution in [3.05, 3.63) is 0 Å². The molecule has 0 amide bonds. The molecule has 4 heteroatoms. The second kappa shape index (κ2) is 6.50. The monoisotopic (exact) mass is 169 g/mol. The first-order chi connectivity index (χ1) is 5.72. The fraction of sp³-hybridized carbons (Fsp3) is 0.625. The molecular weight excluding hydrogens is 158 g/mol. The number of Topliss-reactive ketones (excluding diaryl/α,β-unsaturated/α-hetero) is 1. The van der Waals surface area contributed by atoms with Gasteiger partial charge in [-0.2, -0.15) is 5.26 Å². The van der Waals surface area contributed by atoms with E-state index in [4.69, 9.17) is 10.00 Å². The Balaban J connectivity index is 3.53. The van der Waals surface area contributed by atoms with E-state index in [1.54, 1.807) is 0 Å². The molecule has 0 aromatic heterocycles. The van der Waals surface area contributed by atoms with E-state index in [2.05, 4.69) is 0 Å². The largest absolute Gasteiger partial charge is 0.379 e. The summed E-state index contributed by atoms with van der Waals surface area (Å²) in [6.45, 7) is 1.70. The molecule has 0 fully saturated rings. The van der Waals surface area contributed by atoms with Crippen molar-refractivity contribution in [3.63, 3.8) is 0 Å².